The number of carbonyl (C=O) groups is 2. The fourth-order valence-corrected chi connectivity index (χ4v) is 1.51. The van der Waals surface area contributed by atoms with Gasteiger partial charge in [0.15, 0.2) is 5.69 Å². The van der Waals surface area contributed by atoms with Gasteiger partial charge in [0, 0.05) is 0 Å². The minimum Gasteiger partial charge on any atom is -0.508 e. The molecule has 0 fully saturated rings. The van der Waals surface area contributed by atoms with Crippen LogP contribution < -0.4 is 5.32 Å². The van der Waals surface area contributed by atoms with Gasteiger partial charge in [-0.25, -0.2) is 9.78 Å². The second-order valence-corrected chi connectivity index (χ2v) is 3.87. The lowest BCUT2D eigenvalue weighted by Crippen LogP contribution is -2.14. The highest BCUT2D eigenvalue weighted by Gasteiger charge is 2.13. The summed E-state index contributed by atoms with van der Waals surface area (Å²) >= 11 is 0. The van der Waals surface area contributed by atoms with Gasteiger partial charge in [-0.05, 0) is 30.3 Å². The highest BCUT2D eigenvalue weighted by molar-refractivity contribution is 6.06. The molecule has 1 heterocycles. The lowest BCUT2D eigenvalue weighted by atomic mass is 10.2. The van der Waals surface area contributed by atoms with Gasteiger partial charge in [-0.2, -0.15) is 0 Å². The molecule has 0 aliphatic heterocycles. The lowest BCUT2D eigenvalue weighted by molar-refractivity contribution is 0.0690. The van der Waals surface area contributed by atoms with Gasteiger partial charge in [-0.15, -0.1) is 0 Å². The fourth-order valence-electron chi connectivity index (χ4n) is 1.51. The number of aromatic carboxylic acids is 1. The van der Waals surface area contributed by atoms with E-state index in [1.165, 1.54) is 30.3 Å². The molecule has 1 aromatic heterocycles. The molecular weight excluding hydrogens is 264 g/mol. The molecule has 1 aromatic carbocycles. The van der Waals surface area contributed by atoms with E-state index < -0.39 is 11.9 Å². The molecule has 0 unspecified atom stereocenters. The second-order valence-electron chi connectivity index (χ2n) is 3.87. The number of pyridine rings is 1. The minimum absolute atomic E-state index is 0.0256. The van der Waals surface area contributed by atoms with Crippen molar-refractivity contribution >= 4 is 17.7 Å². The number of nitrogens with zero attached hydrogens (tertiary/aromatic N) is 1. The maximum absolute atomic E-state index is 11.9. The zero-order valence-electron chi connectivity index (χ0n) is 10.1. The average molecular weight is 274 g/mol. The number of carbonyl (C=O) groups excluding carboxylic acids is 1. The SMILES string of the molecule is O=C(O)c1cccc(NC(=O)c2cc(O)ccc2O)n1. The van der Waals surface area contributed by atoms with Crippen LogP contribution in [0, 0.1) is 0 Å². The van der Waals surface area contributed by atoms with Gasteiger partial charge in [-0.1, -0.05) is 6.07 Å². The molecule has 0 radical (unpaired) electrons. The predicted molar refractivity (Wildman–Crippen MR) is 68.9 cm³/mol. The minimum atomic E-state index is -1.22. The van der Waals surface area contributed by atoms with E-state index in [2.05, 4.69) is 10.3 Å². The molecule has 2 aromatic rings. The molecule has 0 aliphatic carbocycles. The molecule has 7 heteroatoms. The number of phenols is 2. The van der Waals surface area contributed by atoms with Gasteiger partial charge in [0.25, 0.3) is 5.91 Å². The summed E-state index contributed by atoms with van der Waals surface area (Å²) in [5.74, 6) is -2.40. The summed E-state index contributed by atoms with van der Waals surface area (Å²) in [5, 5.41) is 30.0. The van der Waals surface area contributed by atoms with Gasteiger partial charge >= 0.3 is 5.97 Å². The number of carboxylic acids is 1. The van der Waals surface area contributed by atoms with E-state index in [1.807, 2.05) is 0 Å². The maximum Gasteiger partial charge on any atom is 0.354 e. The Hall–Kier alpha value is -3.09. The molecule has 0 atom stereocenters. The first kappa shape index (κ1) is 13.3. The van der Waals surface area contributed by atoms with E-state index in [9.17, 15) is 19.8 Å². The van der Waals surface area contributed by atoms with Crippen molar-refractivity contribution in [2.24, 2.45) is 0 Å². The fraction of sp³-hybridized carbons (Fsp3) is 0. The number of benzene rings is 1. The molecule has 0 bridgehead atoms. The molecule has 4 N–H and O–H groups in total. The number of amides is 1. The highest BCUT2D eigenvalue weighted by Crippen LogP contribution is 2.22. The van der Waals surface area contributed by atoms with E-state index in [0.717, 1.165) is 6.07 Å². The first-order valence-corrected chi connectivity index (χ1v) is 5.51. The second kappa shape index (κ2) is 5.27. The molecule has 102 valence electrons. The number of aromatic nitrogens is 1. The molecule has 2 rings (SSSR count). The third-order valence-corrected chi connectivity index (χ3v) is 2.43. The van der Waals surface area contributed by atoms with Crippen molar-refractivity contribution in [3.05, 3.63) is 47.7 Å². The molecule has 0 saturated heterocycles. The van der Waals surface area contributed by atoms with Crippen molar-refractivity contribution in [3.63, 3.8) is 0 Å². The van der Waals surface area contributed by atoms with Crippen LogP contribution in [0.25, 0.3) is 0 Å². The Labute approximate surface area is 113 Å². The van der Waals surface area contributed by atoms with Crippen molar-refractivity contribution in [2.75, 3.05) is 5.32 Å². The summed E-state index contributed by atoms with van der Waals surface area (Å²) in [6.45, 7) is 0. The zero-order valence-corrected chi connectivity index (χ0v) is 10.1. The summed E-state index contributed by atoms with van der Waals surface area (Å²) in [5.41, 5.74) is -0.365. The summed E-state index contributed by atoms with van der Waals surface area (Å²) in [4.78, 5) is 26.4. The van der Waals surface area contributed by atoms with Gasteiger partial charge < -0.3 is 20.6 Å². The van der Waals surface area contributed by atoms with Crippen molar-refractivity contribution in [1.29, 1.82) is 0 Å². The van der Waals surface area contributed by atoms with Crippen molar-refractivity contribution in [3.8, 4) is 11.5 Å². The van der Waals surface area contributed by atoms with Crippen molar-refractivity contribution in [1.82, 2.24) is 4.98 Å². The largest absolute Gasteiger partial charge is 0.508 e. The lowest BCUT2D eigenvalue weighted by Gasteiger charge is -2.07. The Morgan fingerprint density at radius 3 is 2.55 bits per heavy atom. The van der Waals surface area contributed by atoms with Gasteiger partial charge in [0.2, 0.25) is 0 Å². The summed E-state index contributed by atoms with van der Waals surface area (Å²) in [6, 6.07) is 7.61. The third-order valence-electron chi connectivity index (χ3n) is 2.43. The Bertz CT molecular complexity index is 684. The standard InChI is InChI=1S/C13H10N2O5/c16-7-4-5-10(17)8(6-7)12(18)15-11-3-1-2-9(14-11)13(19)20/h1-6,16-17H,(H,19,20)(H,14,15,18). The number of nitrogens with one attached hydrogen (secondary N) is 1. The number of hydrogen-bond acceptors (Lipinski definition) is 5. The number of anilines is 1. The quantitative estimate of drug-likeness (QED) is 0.629. The van der Waals surface area contributed by atoms with E-state index in [4.69, 9.17) is 5.11 Å². The summed E-state index contributed by atoms with van der Waals surface area (Å²) < 4.78 is 0. The Morgan fingerprint density at radius 2 is 1.85 bits per heavy atom. The Morgan fingerprint density at radius 1 is 1.10 bits per heavy atom. The van der Waals surface area contributed by atoms with Crippen LogP contribution in [0.3, 0.4) is 0 Å². The van der Waals surface area contributed by atoms with Gasteiger partial charge in [0.05, 0.1) is 5.56 Å². The summed E-state index contributed by atoms with van der Waals surface area (Å²) in [6.07, 6.45) is 0. The topological polar surface area (TPSA) is 120 Å². The Balaban J connectivity index is 2.25. The number of hydrogen-bond donors (Lipinski definition) is 4. The monoisotopic (exact) mass is 274 g/mol. The van der Waals surface area contributed by atoms with Gasteiger partial charge in [0.1, 0.15) is 17.3 Å². The smallest absolute Gasteiger partial charge is 0.354 e. The predicted octanol–water partition coefficient (Wildman–Crippen LogP) is 1.44. The van der Waals surface area contributed by atoms with E-state index in [-0.39, 0.29) is 28.6 Å². The molecule has 0 saturated carbocycles. The number of rotatable bonds is 3. The molecule has 0 spiro atoms. The summed E-state index contributed by atoms with van der Waals surface area (Å²) in [7, 11) is 0. The molecule has 7 nitrogen and oxygen atoms in total. The molecular formula is C13H10N2O5. The molecule has 1 amide bonds. The van der Waals surface area contributed by atoms with E-state index >= 15 is 0 Å². The number of phenolic OH excluding ortho intramolecular Hbond substituents is 2. The van der Waals surface area contributed by atoms with Crippen LogP contribution in [0.4, 0.5) is 5.82 Å². The van der Waals surface area contributed by atoms with Crippen molar-refractivity contribution in [2.45, 2.75) is 0 Å². The molecule has 20 heavy (non-hydrogen) atoms. The van der Waals surface area contributed by atoms with Gasteiger partial charge in [-0.3, -0.25) is 4.79 Å². The van der Waals surface area contributed by atoms with E-state index in [1.54, 1.807) is 0 Å². The van der Waals surface area contributed by atoms with Crippen molar-refractivity contribution < 1.29 is 24.9 Å². The van der Waals surface area contributed by atoms with E-state index in [0.29, 0.717) is 0 Å². The average Bonchev–Trinajstić information content (AvgIpc) is 2.41. The first-order valence-electron chi connectivity index (χ1n) is 5.51. The van der Waals surface area contributed by atoms with Crippen LogP contribution in [-0.4, -0.2) is 32.2 Å². The number of carboxylic acid groups (broad SMARTS) is 1. The van der Waals surface area contributed by atoms with Crippen LogP contribution in [0.2, 0.25) is 0 Å². The Kier molecular flexibility index (Phi) is 3.52. The van der Waals surface area contributed by atoms with Crippen LogP contribution in [0.15, 0.2) is 36.4 Å². The van der Waals surface area contributed by atoms with Crippen LogP contribution >= 0.6 is 0 Å². The maximum atomic E-state index is 11.9. The van der Waals surface area contributed by atoms with Crippen LogP contribution in [-0.2, 0) is 0 Å². The first-order chi connectivity index (χ1) is 9.47. The zero-order chi connectivity index (χ0) is 14.7. The number of aromatic hydroxyl groups is 2. The third kappa shape index (κ3) is 2.83. The van der Waals surface area contributed by atoms with Crippen LogP contribution in [0.5, 0.6) is 11.5 Å². The van der Waals surface area contributed by atoms with Crippen LogP contribution in [0.1, 0.15) is 20.8 Å². The highest BCUT2D eigenvalue weighted by atomic mass is 16.4. The molecule has 0 aliphatic rings. The normalized spacial score (nSPS) is 10.0.